The van der Waals surface area contributed by atoms with Crippen LogP contribution in [0, 0.1) is 0 Å². The molecule has 0 unspecified atom stereocenters. The van der Waals surface area contributed by atoms with Crippen molar-refractivity contribution >= 4 is 5.82 Å². The van der Waals surface area contributed by atoms with E-state index in [2.05, 4.69) is 45.4 Å². The number of hydrogen-bond donors (Lipinski definition) is 0. The minimum atomic E-state index is 0.607. The molecule has 0 spiro atoms. The summed E-state index contributed by atoms with van der Waals surface area (Å²) in [6.07, 6.45) is 9.09. The van der Waals surface area contributed by atoms with Gasteiger partial charge in [0.25, 0.3) is 0 Å². The highest BCUT2D eigenvalue weighted by Crippen LogP contribution is 2.29. The van der Waals surface area contributed by atoms with Gasteiger partial charge in [0.2, 0.25) is 0 Å². The van der Waals surface area contributed by atoms with E-state index in [1.165, 1.54) is 11.1 Å². The fourth-order valence-electron chi connectivity index (χ4n) is 3.52. The third-order valence-corrected chi connectivity index (χ3v) is 4.91. The van der Waals surface area contributed by atoms with Crippen LogP contribution in [0.5, 0.6) is 0 Å². The van der Waals surface area contributed by atoms with Gasteiger partial charge in [0.15, 0.2) is 0 Å². The molecule has 3 aromatic rings. The molecule has 5 nitrogen and oxygen atoms in total. The van der Waals surface area contributed by atoms with Crippen molar-refractivity contribution in [2.75, 3.05) is 18.0 Å². The van der Waals surface area contributed by atoms with Crippen molar-refractivity contribution in [3.8, 4) is 0 Å². The van der Waals surface area contributed by atoms with E-state index in [0.717, 1.165) is 44.0 Å². The van der Waals surface area contributed by atoms with Gasteiger partial charge >= 0.3 is 0 Å². The molecular formula is C20H23N5. The number of aryl methyl sites for hydroxylation is 1. The lowest BCUT2D eigenvalue weighted by molar-refractivity contribution is 0.502. The minimum Gasteiger partial charge on any atom is -0.356 e. The van der Waals surface area contributed by atoms with Crippen LogP contribution < -0.4 is 4.90 Å². The summed E-state index contributed by atoms with van der Waals surface area (Å²) in [4.78, 5) is 11.6. The predicted octanol–water partition coefficient (Wildman–Crippen LogP) is 3.18. The van der Waals surface area contributed by atoms with Gasteiger partial charge in [-0.05, 0) is 36.0 Å². The first-order valence-electron chi connectivity index (χ1n) is 8.87. The van der Waals surface area contributed by atoms with E-state index in [1.807, 2.05) is 36.3 Å². The van der Waals surface area contributed by atoms with Crippen molar-refractivity contribution in [3.63, 3.8) is 0 Å². The van der Waals surface area contributed by atoms with Gasteiger partial charge < -0.3 is 4.90 Å². The highest BCUT2D eigenvalue weighted by Gasteiger charge is 2.22. The number of aromatic nitrogens is 4. The van der Waals surface area contributed by atoms with Crippen LogP contribution in [0.2, 0.25) is 0 Å². The molecule has 0 amide bonds. The Morgan fingerprint density at radius 3 is 2.60 bits per heavy atom. The number of hydrogen-bond acceptors (Lipinski definition) is 4. The summed E-state index contributed by atoms with van der Waals surface area (Å²) >= 11 is 0. The van der Waals surface area contributed by atoms with Gasteiger partial charge in [-0.2, -0.15) is 5.10 Å². The summed E-state index contributed by atoms with van der Waals surface area (Å²) < 4.78 is 1.89. The van der Waals surface area contributed by atoms with Crippen LogP contribution in [0.3, 0.4) is 0 Å². The summed E-state index contributed by atoms with van der Waals surface area (Å²) in [7, 11) is 1.98. The topological polar surface area (TPSA) is 46.8 Å². The lowest BCUT2D eigenvalue weighted by Crippen LogP contribution is -2.33. The Labute approximate surface area is 148 Å². The van der Waals surface area contributed by atoms with Gasteiger partial charge in [0.1, 0.15) is 11.6 Å². The molecule has 0 saturated carbocycles. The molecule has 3 heterocycles. The molecule has 5 heteroatoms. The first kappa shape index (κ1) is 15.8. The second-order valence-corrected chi connectivity index (χ2v) is 6.70. The first-order valence-corrected chi connectivity index (χ1v) is 8.87. The molecule has 1 aromatic carbocycles. The van der Waals surface area contributed by atoms with Gasteiger partial charge in [-0.15, -0.1) is 0 Å². The van der Waals surface area contributed by atoms with Crippen LogP contribution in [-0.2, 0) is 13.5 Å². The van der Waals surface area contributed by atoms with Crippen molar-refractivity contribution in [3.05, 3.63) is 71.9 Å². The Morgan fingerprint density at radius 2 is 1.88 bits per heavy atom. The fourth-order valence-corrected chi connectivity index (χ4v) is 3.52. The van der Waals surface area contributed by atoms with Crippen LogP contribution in [0.25, 0.3) is 0 Å². The molecule has 0 atom stereocenters. The molecule has 1 aliphatic rings. The van der Waals surface area contributed by atoms with E-state index in [9.17, 15) is 0 Å². The predicted molar refractivity (Wildman–Crippen MR) is 98.7 cm³/mol. The molecule has 0 radical (unpaired) electrons. The monoisotopic (exact) mass is 333 g/mol. The maximum Gasteiger partial charge on any atom is 0.135 e. The first-order chi connectivity index (χ1) is 12.3. The van der Waals surface area contributed by atoms with Crippen molar-refractivity contribution in [2.24, 2.45) is 7.05 Å². The second kappa shape index (κ2) is 7.05. The molecule has 1 aliphatic heterocycles. The normalized spacial score (nSPS) is 15.5. The summed E-state index contributed by atoms with van der Waals surface area (Å²) in [5.41, 5.74) is 2.60. The maximum atomic E-state index is 4.79. The average Bonchev–Trinajstić information content (AvgIpc) is 3.09. The summed E-state index contributed by atoms with van der Waals surface area (Å²) in [5, 5.41) is 4.30. The summed E-state index contributed by atoms with van der Waals surface area (Å²) in [6, 6.07) is 12.4. The van der Waals surface area contributed by atoms with Crippen LogP contribution in [0.15, 0.2) is 55.0 Å². The van der Waals surface area contributed by atoms with Crippen molar-refractivity contribution in [2.45, 2.75) is 25.2 Å². The zero-order valence-electron chi connectivity index (χ0n) is 14.5. The Kier molecular flexibility index (Phi) is 4.46. The number of anilines is 1. The van der Waals surface area contributed by atoms with Crippen LogP contribution in [0.1, 0.15) is 35.7 Å². The zero-order valence-corrected chi connectivity index (χ0v) is 14.5. The van der Waals surface area contributed by atoms with E-state index in [0.29, 0.717) is 5.92 Å². The highest BCUT2D eigenvalue weighted by molar-refractivity contribution is 5.39. The molecule has 25 heavy (non-hydrogen) atoms. The van der Waals surface area contributed by atoms with Gasteiger partial charge in [0, 0.05) is 39.0 Å². The van der Waals surface area contributed by atoms with Gasteiger partial charge in [-0.1, -0.05) is 30.3 Å². The lowest BCUT2D eigenvalue weighted by Gasteiger charge is -2.32. The number of rotatable bonds is 4. The third kappa shape index (κ3) is 3.71. The number of benzene rings is 1. The number of piperidine rings is 1. The molecule has 4 rings (SSSR count). The Bertz CT molecular complexity index is 819. The highest BCUT2D eigenvalue weighted by atomic mass is 15.2. The molecule has 0 aliphatic carbocycles. The molecule has 2 aromatic heterocycles. The van der Waals surface area contributed by atoms with Crippen LogP contribution >= 0.6 is 0 Å². The second-order valence-electron chi connectivity index (χ2n) is 6.70. The van der Waals surface area contributed by atoms with Crippen LogP contribution in [-0.4, -0.2) is 32.8 Å². The SMILES string of the molecule is Cn1cc(C2CCN(c3ccnc(Cc4ccccc4)n3)CC2)cn1. The fraction of sp³-hybridized carbons (Fsp3) is 0.350. The summed E-state index contributed by atoms with van der Waals surface area (Å²) in [5.74, 6) is 2.54. The van der Waals surface area contributed by atoms with Crippen molar-refractivity contribution in [1.29, 1.82) is 0 Å². The Morgan fingerprint density at radius 1 is 1.08 bits per heavy atom. The molecule has 128 valence electrons. The molecule has 1 saturated heterocycles. The zero-order chi connectivity index (χ0) is 17.1. The largest absolute Gasteiger partial charge is 0.356 e. The van der Waals surface area contributed by atoms with E-state index < -0.39 is 0 Å². The standard InChI is InChI=1S/C20H23N5/c1-24-15-18(14-22-24)17-8-11-25(12-9-17)20-7-10-21-19(23-20)13-16-5-3-2-4-6-16/h2-7,10,14-15,17H,8-9,11-13H2,1H3. The van der Waals surface area contributed by atoms with Gasteiger partial charge in [-0.25, -0.2) is 9.97 Å². The molecule has 1 fully saturated rings. The van der Waals surface area contributed by atoms with E-state index in [4.69, 9.17) is 4.98 Å². The Hall–Kier alpha value is -2.69. The van der Waals surface area contributed by atoms with E-state index in [1.54, 1.807) is 0 Å². The van der Waals surface area contributed by atoms with E-state index in [-0.39, 0.29) is 0 Å². The Balaban J connectivity index is 1.42. The lowest BCUT2D eigenvalue weighted by atomic mass is 9.91. The summed E-state index contributed by atoms with van der Waals surface area (Å²) in [6.45, 7) is 2.06. The molecule has 0 bridgehead atoms. The van der Waals surface area contributed by atoms with Gasteiger partial charge in [-0.3, -0.25) is 4.68 Å². The van der Waals surface area contributed by atoms with Crippen molar-refractivity contribution in [1.82, 2.24) is 19.7 Å². The number of nitrogens with zero attached hydrogens (tertiary/aromatic N) is 5. The van der Waals surface area contributed by atoms with Gasteiger partial charge in [0.05, 0.1) is 6.20 Å². The molecular weight excluding hydrogens is 310 g/mol. The van der Waals surface area contributed by atoms with E-state index >= 15 is 0 Å². The molecule has 0 N–H and O–H groups in total. The smallest absolute Gasteiger partial charge is 0.135 e. The van der Waals surface area contributed by atoms with Crippen molar-refractivity contribution < 1.29 is 0 Å². The minimum absolute atomic E-state index is 0.607. The third-order valence-electron chi connectivity index (χ3n) is 4.91. The van der Waals surface area contributed by atoms with Crippen LogP contribution in [0.4, 0.5) is 5.82 Å². The maximum absolute atomic E-state index is 4.79. The quantitative estimate of drug-likeness (QED) is 0.736. The average molecular weight is 333 g/mol.